The number of nitro groups is 1. The molecule has 21 heavy (non-hydrogen) atoms. The van der Waals surface area contributed by atoms with Crippen LogP contribution in [-0.4, -0.2) is 28.4 Å². The van der Waals surface area contributed by atoms with E-state index in [0.29, 0.717) is 23.7 Å². The lowest BCUT2D eigenvalue weighted by Gasteiger charge is -2.25. The van der Waals surface area contributed by atoms with Crippen LogP contribution >= 0.6 is 0 Å². The molecule has 1 saturated heterocycles. The van der Waals surface area contributed by atoms with Gasteiger partial charge >= 0.3 is 0 Å². The van der Waals surface area contributed by atoms with Crippen LogP contribution in [0, 0.1) is 10.1 Å². The Balaban J connectivity index is 2.18. The summed E-state index contributed by atoms with van der Waals surface area (Å²) in [4.78, 5) is 28.1. The fraction of sp³-hybridized carbons (Fsp3) is 0.286. The Kier molecular flexibility index (Phi) is 3.17. The summed E-state index contributed by atoms with van der Waals surface area (Å²) in [6.07, 6.45) is 4.65. The standard InChI is InChI=1S/C14H14N4O3/c15-14(19)13-2-1-7-17(13)11-3-4-12(18(20)21)10-8-16-6-5-9(10)11/h3-6,8,13H,1-2,7H2,(H2,15,19). The second kappa shape index (κ2) is 5.01. The number of nitrogens with zero attached hydrogens (tertiary/aromatic N) is 3. The molecule has 1 aromatic heterocycles. The minimum atomic E-state index is -0.427. The van der Waals surface area contributed by atoms with Gasteiger partial charge in [0.2, 0.25) is 5.91 Å². The molecule has 7 heteroatoms. The number of non-ortho nitro benzene ring substituents is 1. The smallest absolute Gasteiger partial charge is 0.278 e. The predicted molar refractivity (Wildman–Crippen MR) is 78.0 cm³/mol. The molecule has 0 bridgehead atoms. The first kappa shape index (κ1) is 13.3. The Bertz CT molecular complexity index is 731. The minimum absolute atomic E-state index is 0.0108. The number of anilines is 1. The molecule has 7 nitrogen and oxygen atoms in total. The van der Waals surface area contributed by atoms with Crippen LogP contribution in [0.1, 0.15) is 12.8 Å². The molecule has 3 rings (SSSR count). The Morgan fingerprint density at radius 2 is 2.19 bits per heavy atom. The van der Waals surface area contributed by atoms with Crippen LogP contribution < -0.4 is 10.6 Å². The second-order valence-electron chi connectivity index (χ2n) is 5.04. The zero-order chi connectivity index (χ0) is 15.0. The fourth-order valence-electron chi connectivity index (χ4n) is 2.92. The average Bonchev–Trinajstić information content (AvgIpc) is 2.95. The number of hydrogen-bond acceptors (Lipinski definition) is 5. The quantitative estimate of drug-likeness (QED) is 0.682. The molecule has 1 amide bonds. The summed E-state index contributed by atoms with van der Waals surface area (Å²) in [5.41, 5.74) is 6.25. The number of rotatable bonds is 3. The Morgan fingerprint density at radius 3 is 2.90 bits per heavy atom. The highest BCUT2D eigenvalue weighted by Crippen LogP contribution is 2.36. The van der Waals surface area contributed by atoms with Crippen LogP contribution in [-0.2, 0) is 4.79 Å². The first-order valence-corrected chi connectivity index (χ1v) is 6.66. The molecular weight excluding hydrogens is 272 g/mol. The van der Waals surface area contributed by atoms with E-state index in [1.165, 1.54) is 12.3 Å². The van der Waals surface area contributed by atoms with Crippen molar-refractivity contribution in [1.82, 2.24) is 4.98 Å². The van der Waals surface area contributed by atoms with Gasteiger partial charge in [-0.1, -0.05) is 0 Å². The topological polar surface area (TPSA) is 102 Å². The van der Waals surface area contributed by atoms with Crippen LogP contribution in [0.2, 0.25) is 0 Å². The molecule has 108 valence electrons. The van der Waals surface area contributed by atoms with Gasteiger partial charge in [0.05, 0.1) is 10.3 Å². The number of amides is 1. The number of hydrogen-bond donors (Lipinski definition) is 1. The average molecular weight is 286 g/mol. The van der Waals surface area contributed by atoms with Gasteiger partial charge in [-0.2, -0.15) is 0 Å². The third-order valence-electron chi connectivity index (χ3n) is 3.86. The normalized spacial score (nSPS) is 18.1. The molecule has 2 N–H and O–H groups in total. The maximum Gasteiger partial charge on any atom is 0.278 e. The number of aromatic nitrogens is 1. The van der Waals surface area contributed by atoms with Gasteiger partial charge in [0.25, 0.3) is 5.69 Å². The minimum Gasteiger partial charge on any atom is -0.368 e. The van der Waals surface area contributed by atoms with E-state index >= 15 is 0 Å². The molecule has 2 heterocycles. The molecule has 0 aliphatic carbocycles. The highest BCUT2D eigenvalue weighted by Gasteiger charge is 2.30. The van der Waals surface area contributed by atoms with Crippen molar-refractivity contribution < 1.29 is 9.72 Å². The van der Waals surface area contributed by atoms with Crippen LogP contribution in [0.4, 0.5) is 11.4 Å². The molecule has 1 atom stereocenters. The number of pyridine rings is 1. The number of primary amides is 1. The van der Waals surface area contributed by atoms with E-state index in [1.54, 1.807) is 18.3 Å². The Hall–Kier alpha value is -2.70. The molecule has 1 aliphatic rings. The fourth-order valence-corrected chi connectivity index (χ4v) is 2.92. The molecule has 2 aromatic rings. The maximum absolute atomic E-state index is 11.6. The molecule has 1 aliphatic heterocycles. The lowest BCUT2D eigenvalue weighted by molar-refractivity contribution is -0.383. The van der Waals surface area contributed by atoms with Crippen LogP contribution in [0.15, 0.2) is 30.6 Å². The Labute approximate surface area is 120 Å². The highest BCUT2D eigenvalue weighted by atomic mass is 16.6. The molecule has 0 saturated carbocycles. The lowest BCUT2D eigenvalue weighted by atomic mass is 10.1. The second-order valence-corrected chi connectivity index (χ2v) is 5.04. The summed E-state index contributed by atoms with van der Waals surface area (Å²) in [6.45, 7) is 0.711. The van der Waals surface area contributed by atoms with Crippen LogP contribution in [0.5, 0.6) is 0 Å². The van der Waals surface area contributed by atoms with Gasteiger partial charge in [0.1, 0.15) is 6.04 Å². The van der Waals surface area contributed by atoms with Crippen LogP contribution in [0.25, 0.3) is 10.8 Å². The molecule has 1 aromatic carbocycles. The van der Waals surface area contributed by atoms with Crippen molar-refractivity contribution in [2.45, 2.75) is 18.9 Å². The van der Waals surface area contributed by atoms with Gasteiger partial charge < -0.3 is 10.6 Å². The lowest BCUT2D eigenvalue weighted by Crippen LogP contribution is -2.40. The molecule has 0 spiro atoms. The number of carbonyl (C=O) groups excluding carboxylic acids is 1. The van der Waals surface area contributed by atoms with E-state index in [1.807, 2.05) is 4.90 Å². The van der Waals surface area contributed by atoms with E-state index in [9.17, 15) is 14.9 Å². The molecular formula is C14H14N4O3. The summed E-state index contributed by atoms with van der Waals surface area (Å²) >= 11 is 0. The summed E-state index contributed by atoms with van der Waals surface area (Å²) in [6, 6.07) is 4.51. The van der Waals surface area contributed by atoms with E-state index in [2.05, 4.69) is 4.98 Å². The summed E-state index contributed by atoms with van der Waals surface area (Å²) in [7, 11) is 0. The maximum atomic E-state index is 11.6. The van der Waals surface area contributed by atoms with Crippen molar-refractivity contribution in [2.75, 3.05) is 11.4 Å². The van der Waals surface area contributed by atoms with Crippen molar-refractivity contribution >= 4 is 28.1 Å². The third kappa shape index (κ3) is 2.16. The SMILES string of the molecule is NC(=O)C1CCCN1c1ccc([N+](=O)[O-])c2cnccc12. The highest BCUT2D eigenvalue weighted by molar-refractivity contribution is 6.01. The Morgan fingerprint density at radius 1 is 1.38 bits per heavy atom. The van der Waals surface area contributed by atoms with E-state index in [4.69, 9.17) is 5.73 Å². The summed E-state index contributed by atoms with van der Waals surface area (Å²) in [5.74, 6) is -0.368. The molecule has 1 unspecified atom stereocenters. The van der Waals surface area contributed by atoms with E-state index < -0.39 is 4.92 Å². The number of benzene rings is 1. The number of nitrogens with two attached hydrogens (primary N) is 1. The van der Waals surface area contributed by atoms with Gasteiger partial charge in [-0.15, -0.1) is 0 Å². The predicted octanol–water partition coefficient (Wildman–Crippen LogP) is 1.60. The van der Waals surface area contributed by atoms with Crippen molar-refractivity contribution in [1.29, 1.82) is 0 Å². The van der Waals surface area contributed by atoms with E-state index in [-0.39, 0.29) is 17.6 Å². The molecule has 0 radical (unpaired) electrons. The van der Waals surface area contributed by atoms with Crippen molar-refractivity contribution in [2.24, 2.45) is 5.73 Å². The van der Waals surface area contributed by atoms with Crippen LogP contribution in [0.3, 0.4) is 0 Å². The van der Waals surface area contributed by atoms with E-state index in [0.717, 1.165) is 12.1 Å². The first-order chi connectivity index (χ1) is 10.1. The number of fused-ring (bicyclic) bond motifs is 1. The summed E-state index contributed by atoms with van der Waals surface area (Å²) in [5, 5.41) is 12.3. The molecule has 1 fully saturated rings. The summed E-state index contributed by atoms with van der Waals surface area (Å²) < 4.78 is 0. The first-order valence-electron chi connectivity index (χ1n) is 6.66. The van der Waals surface area contributed by atoms with Gasteiger partial charge in [-0.3, -0.25) is 19.9 Å². The zero-order valence-corrected chi connectivity index (χ0v) is 11.2. The largest absolute Gasteiger partial charge is 0.368 e. The van der Waals surface area contributed by atoms with Crippen molar-refractivity contribution in [3.63, 3.8) is 0 Å². The number of nitro benzene ring substituents is 1. The monoisotopic (exact) mass is 286 g/mol. The number of carbonyl (C=O) groups is 1. The van der Waals surface area contributed by atoms with Gasteiger partial charge in [0, 0.05) is 36.1 Å². The van der Waals surface area contributed by atoms with Gasteiger partial charge in [-0.05, 0) is 25.0 Å². The third-order valence-corrected chi connectivity index (χ3v) is 3.86. The van der Waals surface area contributed by atoms with Gasteiger partial charge in [-0.25, -0.2) is 0 Å². The zero-order valence-electron chi connectivity index (χ0n) is 11.2. The van der Waals surface area contributed by atoms with Crippen molar-refractivity contribution in [3.8, 4) is 0 Å². The van der Waals surface area contributed by atoms with Crippen molar-refractivity contribution in [3.05, 3.63) is 40.7 Å². The van der Waals surface area contributed by atoms with Gasteiger partial charge in [0.15, 0.2) is 0 Å².